The Balaban J connectivity index is 1.55. The first kappa shape index (κ1) is 25.6. The van der Waals surface area contributed by atoms with Crippen molar-refractivity contribution >= 4 is 29.9 Å². The van der Waals surface area contributed by atoms with E-state index in [0.29, 0.717) is 17.1 Å². The van der Waals surface area contributed by atoms with E-state index in [2.05, 4.69) is 10.5 Å². The molecule has 36 heavy (non-hydrogen) atoms. The van der Waals surface area contributed by atoms with E-state index in [-0.39, 0.29) is 11.4 Å². The molecule has 10 nitrogen and oxygen atoms in total. The Bertz CT molecular complexity index is 1270. The van der Waals surface area contributed by atoms with Gasteiger partial charge in [0.2, 0.25) is 0 Å². The highest BCUT2D eigenvalue weighted by molar-refractivity contribution is 5.89. The zero-order valence-corrected chi connectivity index (χ0v) is 19.5. The van der Waals surface area contributed by atoms with Crippen molar-refractivity contribution in [3.05, 3.63) is 100 Å². The number of hydrazone groups is 1. The first-order valence-corrected chi connectivity index (χ1v) is 10.7. The van der Waals surface area contributed by atoms with E-state index in [1.165, 1.54) is 50.6 Å². The van der Waals surface area contributed by atoms with E-state index in [1.54, 1.807) is 24.3 Å². The Morgan fingerprint density at radius 2 is 1.72 bits per heavy atom. The fraction of sp³-hybridized carbons (Fsp3) is 0.115. The number of rotatable bonds is 10. The van der Waals surface area contributed by atoms with Crippen molar-refractivity contribution in [3.63, 3.8) is 0 Å². The van der Waals surface area contributed by atoms with Gasteiger partial charge in [0.25, 0.3) is 11.6 Å². The molecule has 0 aliphatic rings. The summed E-state index contributed by atoms with van der Waals surface area (Å²) in [5.74, 6) is -0.242. The Labute approximate surface area is 207 Å². The minimum atomic E-state index is -0.899. The number of benzene rings is 3. The largest absolute Gasteiger partial charge is 0.493 e. The molecule has 0 fully saturated rings. The summed E-state index contributed by atoms with van der Waals surface area (Å²) in [6.45, 7) is 1.52. The van der Waals surface area contributed by atoms with Crippen molar-refractivity contribution in [1.29, 1.82) is 0 Å². The van der Waals surface area contributed by atoms with Gasteiger partial charge in [0.1, 0.15) is 5.75 Å². The zero-order valence-electron chi connectivity index (χ0n) is 19.5. The second-order valence-corrected chi connectivity index (χ2v) is 7.32. The molecule has 0 bridgehead atoms. The summed E-state index contributed by atoms with van der Waals surface area (Å²) < 4.78 is 16.1. The predicted molar refractivity (Wildman–Crippen MR) is 133 cm³/mol. The number of non-ortho nitro benzene ring substituents is 1. The number of hydrogen-bond donors (Lipinski definition) is 1. The number of methoxy groups -OCH3 is 1. The van der Waals surface area contributed by atoms with Gasteiger partial charge in [-0.3, -0.25) is 14.9 Å². The third-order valence-corrected chi connectivity index (χ3v) is 4.73. The van der Waals surface area contributed by atoms with Crippen LogP contribution in [0.15, 0.2) is 84.0 Å². The number of nitrogens with one attached hydrogen (secondary N) is 1. The highest BCUT2D eigenvalue weighted by Crippen LogP contribution is 2.28. The Kier molecular flexibility index (Phi) is 8.88. The van der Waals surface area contributed by atoms with Crippen LogP contribution in [0.5, 0.6) is 17.2 Å². The molecule has 1 unspecified atom stereocenters. The van der Waals surface area contributed by atoms with Crippen LogP contribution < -0.4 is 19.6 Å². The number of carbonyl (C=O) groups excluding carboxylic acids is 2. The van der Waals surface area contributed by atoms with Crippen LogP contribution in [-0.4, -0.2) is 36.2 Å². The fourth-order valence-corrected chi connectivity index (χ4v) is 2.89. The van der Waals surface area contributed by atoms with E-state index in [0.717, 1.165) is 5.56 Å². The standard InChI is InChI=1S/C26H23N3O7/c1-18(35-22-12-10-21(11-13-22)29(32)33)26(31)28-27-17-20-8-14-23(24(16-20)34-2)36-25(30)15-9-19-6-4-3-5-7-19/h3-18H,1-2H3,(H,28,31)/b15-9+,27-17+. The van der Waals surface area contributed by atoms with Gasteiger partial charge in [0.05, 0.1) is 18.2 Å². The van der Waals surface area contributed by atoms with Gasteiger partial charge in [-0.05, 0) is 54.5 Å². The Morgan fingerprint density at radius 3 is 2.39 bits per heavy atom. The normalized spacial score (nSPS) is 11.7. The summed E-state index contributed by atoms with van der Waals surface area (Å²) in [5.41, 5.74) is 3.72. The van der Waals surface area contributed by atoms with Crippen molar-refractivity contribution in [2.75, 3.05) is 7.11 Å². The molecule has 0 aliphatic carbocycles. The lowest BCUT2D eigenvalue weighted by molar-refractivity contribution is -0.384. The maximum Gasteiger partial charge on any atom is 0.336 e. The molecule has 0 aliphatic heterocycles. The van der Waals surface area contributed by atoms with Crippen LogP contribution in [0, 0.1) is 10.1 Å². The molecule has 3 aromatic carbocycles. The molecule has 3 aromatic rings. The van der Waals surface area contributed by atoms with Gasteiger partial charge in [-0.15, -0.1) is 0 Å². The molecule has 0 heterocycles. The molecule has 184 valence electrons. The molecule has 10 heteroatoms. The second kappa shape index (κ2) is 12.5. The molecular weight excluding hydrogens is 466 g/mol. The van der Waals surface area contributed by atoms with Crippen LogP contribution in [0.25, 0.3) is 6.08 Å². The fourth-order valence-electron chi connectivity index (χ4n) is 2.89. The van der Waals surface area contributed by atoms with Crippen LogP contribution in [0.3, 0.4) is 0 Å². The van der Waals surface area contributed by atoms with Gasteiger partial charge < -0.3 is 14.2 Å². The van der Waals surface area contributed by atoms with Gasteiger partial charge in [0.15, 0.2) is 17.6 Å². The smallest absolute Gasteiger partial charge is 0.336 e. The van der Waals surface area contributed by atoms with Crippen LogP contribution in [0.4, 0.5) is 5.69 Å². The number of nitro groups is 1. The van der Waals surface area contributed by atoms with Gasteiger partial charge in [-0.1, -0.05) is 30.3 Å². The number of hydrogen-bond acceptors (Lipinski definition) is 8. The van der Waals surface area contributed by atoms with Crippen LogP contribution in [0.1, 0.15) is 18.1 Å². The molecule has 1 amide bonds. The van der Waals surface area contributed by atoms with Gasteiger partial charge >= 0.3 is 5.97 Å². The van der Waals surface area contributed by atoms with Gasteiger partial charge in [-0.2, -0.15) is 5.10 Å². The van der Waals surface area contributed by atoms with Crippen molar-refractivity contribution in [2.45, 2.75) is 13.0 Å². The topological polar surface area (TPSA) is 129 Å². The molecule has 0 radical (unpaired) electrons. The highest BCUT2D eigenvalue weighted by Gasteiger charge is 2.15. The summed E-state index contributed by atoms with van der Waals surface area (Å²) in [4.78, 5) is 34.6. The average Bonchev–Trinajstić information content (AvgIpc) is 2.89. The van der Waals surface area contributed by atoms with Crippen molar-refractivity contribution in [2.24, 2.45) is 5.10 Å². The van der Waals surface area contributed by atoms with E-state index in [9.17, 15) is 19.7 Å². The Morgan fingerprint density at radius 1 is 1.00 bits per heavy atom. The van der Waals surface area contributed by atoms with Gasteiger partial charge in [0, 0.05) is 18.2 Å². The summed E-state index contributed by atoms with van der Waals surface area (Å²) in [7, 11) is 1.44. The first-order valence-electron chi connectivity index (χ1n) is 10.7. The summed E-state index contributed by atoms with van der Waals surface area (Å²) >= 11 is 0. The van der Waals surface area contributed by atoms with Crippen molar-refractivity contribution in [3.8, 4) is 17.2 Å². The average molecular weight is 489 g/mol. The molecule has 1 atom stereocenters. The number of carbonyl (C=O) groups is 2. The minimum absolute atomic E-state index is 0.0797. The van der Waals surface area contributed by atoms with Crippen molar-refractivity contribution in [1.82, 2.24) is 5.43 Å². The van der Waals surface area contributed by atoms with E-state index in [1.807, 2.05) is 30.3 Å². The maximum atomic E-state index is 12.2. The van der Waals surface area contributed by atoms with Crippen LogP contribution in [-0.2, 0) is 9.59 Å². The monoisotopic (exact) mass is 489 g/mol. The molecule has 0 saturated heterocycles. The highest BCUT2D eigenvalue weighted by atomic mass is 16.6. The quantitative estimate of drug-likeness (QED) is 0.113. The van der Waals surface area contributed by atoms with E-state index < -0.39 is 22.9 Å². The minimum Gasteiger partial charge on any atom is -0.493 e. The van der Waals surface area contributed by atoms with E-state index in [4.69, 9.17) is 14.2 Å². The molecule has 0 saturated carbocycles. The summed E-state index contributed by atoms with van der Waals surface area (Å²) in [6.07, 6.45) is 3.45. The van der Waals surface area contributed by atoms with Crippen LogP contribution in [0.2, 0.25) is 0 Å². The number of nitro benzene ring substituents is 1. The summed E-state index contributed by atoms with van der Waals surface area (Å²) in [5, 5.41) is 14.6. The SMILES string of the molecule is COc1cc(/C=N/NC(=O)C(C)Oc2ccc([N+](=O)[O-])cc2)ccc1OC(=O)/C=C/c1ccccc1. The summed E-state index contributed by atoms with van der Waals surface area (Å²) in [6, 6.07) is 19.5. The van der Waals surface area contributed by atoms with Crippen molar-refractivity contribution < 1.29 is 28.7 Å². The zero-order chi connectivity index (χ0) is 25.9. The third-order valence-electron chi connectivity index (χ3n) is 4.73. The number of esters is 1. The first-order chi connectivity index (χ1) is 17.4. The number of nitrogens with zero attached hydrogens (tertiary/aromatic N) is 2. The van der Waals surface area contributed by atoms with Gasteiger partial charge in [-0.25, -0.2) is 10.2 Å². The number of ether oxygens (including phenoxy) is 3. The lowest BCUT2D eigenvalue weighted by Crippen LogP contribution is -2.33. The van der Waals surface area contributed by atoms with Crippen LogP contribution >= 0.6 is 0 Å². The molecular formula is C26H23N3O7. The Hall–Kier alpha value is -4.99. The predicted octanol–water partition coefficient (Wildman–Crippen LogP) is 4.14. The maximum absolute atomic E-state index is 12.2. The third kappa shape index (κ3) is 7.52. The second-order valence-electron chi connectivity index (χ2n) is 7.32. The molecule has 0 aromatic heterocycles. The lowest BCUT2D eigenvalue weighted by atomic mass is 10.2. The molecule has 3 rings (SSSR count). The van der Waals surface area contributed by atoms with E-state index >= 15 is 0 Å². The molecule has 0 spiro atoms. The number of amides is 1. The lowest BCUT2D eigenvalue weighted by Gasteiger charge is -2.12. The molecule has 1 N–H and O–H groups in total.